The molecule has 0 radical (unpaired) electrons. The van der Waals surface area contributed by atoms with Crippen LogP contribution in [-0.2, 0) is 13.0 Å². The van der Waals surface area contributed by atoms with Gasteiger partial charge >= 0.3 is 0 Å². The highest BCUT2D eigenvalue weighted by Gasteiger charge is 2.06. The molecule has 0 saturated heterocycles. The average Bonchev–Trinajstić information content (AvgIpc) is 3.10. The fraction of sp³-hybridized carbons (Fsp3) is 0.211. The van der Waals surface area contributed by atoms with Gasteiger partial charge in [0.2, 0.25) is 0 Å². The van der Waals surface area contributed by atoms with Gasteiger partial charge in [-0.15, -0.1) is 0 Å². The first-order valence-corrected chi connectivity index (χ1v) is 7.84. The molecule has 0 aliphatic carbocycles. The van der Waals surface area contributed by atoms with Gasteiger partial charge in [0.25, 0.3) is 0 Å². The van der Waals surface area contributed by atoms with Crippen LogP contribution in [0.5, 0.6) is 5.75 Å². The lowest BCUT2D eigenvalue weighted by Crippen LogP contribution is -2.07. The maximum Gasteiger partial charge on any atom is 0.127 e. The van der Waals surface area contributed by atoms with Crippen molar-refractivity contribution < 1.29 is 4.74 Å². The van der Waals surface area contributed by atoms with Crippen LogP contribution in [0, 0.1) is 0 Å². The van der Waals surface area contributed by atoms with E-state index in [1.165, 1.54) is 5.56 Å². The maximum absolute atomic E-state index is 5.97. The number of ether oxygens (including phenoxy) is 1. The quantitative estimate of drug-likeness (QED) is 0.729. The van der Waals surface area contributed by atoms with E-state index in [0.29, 0.717) is 13.2 Å². The van der Waals surface area contributed by atoms with Gasteiger partial charge in [0.05, 0.1) is 12.9 Å². The monoisotopic (exact) mass is 307 g/mol. The van der Waals surface area contributed by atoms with E-state index in [-0.39, 0.29) is 0 Å². The first kappa shape index (κ1) is 15.3. The van der Waals surface area contributed by atoms with E-state index in [0.717, 1.165) is 29.8 Å². The standard InChI is InChI=1S/C19H21N3O/c20-10-9-16-5-7-17(8-6-16)18-3-1-2-4-19(18)23-14-13-22-12-11-21-15-22/h1-8,11-12,15H,9-10,13-14,20H2. The zero-order valence-electron chi connectivity index (χ0n) is 13.1. The molecule has 118 valence electrons. The molecule has 1 heterocycles. The summed E-state index contributed by atoms with van der Waals surface area (Å²) in [6, 6.07) is 16.6. The summed E-state index contributed by atoms with van der Waals surface area (Å²) in [5.74, 6) is 0.902. The van der Waals surface area contributed by atoms with Crippen molar-refractivity contribution in [3.05, 3.63) is 72.8 Å². The second-order valence-corrected chi connectivity index (χ2v) is 5.38. The van der Waals surface area contributed by atoms with Gasteiger partial charge < -0.3 is 15.0 Å². The van der Waals surface area contributed by atoms with Crippen molar-refractivity contribution >= 4 is 0 Å². The highest BCUT2D eigenvalue weighted by Crippen LogP contribution is 2.30. The number of hydrogen-bond acceptors (Lipinski definition) is 3. The Morgan fingerprint density at radius 1 is 1.04 bits per heavy atom. The molecule has 0 fully saturated rings. The molecule has 4 heteroatoms. The summed E-state index contributed by atoms with van der Waals surface area (Å²) < 4.78 is 7.98. The van der Waals surface area contributed by atoms with Gasteiger partial charge in [-0.3, -0.25) is 0 Å². The Morgan fingerprint density at radius 2 is 1.87 bits per heavy atom. The van der Waals surface area contributed by atoms with Crippen molar-refractivity contribution in [3.8, 4) is 16.9 Å². The first-order chi connectivity index (χ1) is 11.4. The largest absolute Gasteiger partial charge is 0.491 e. The number of hydrogen-bond donors (Lipinski definition) is 1. The molecule has 3 rings (SSSR count). The number of imidazole rings is 1. The third kappa shape index (κ3) is 3.99. The van der Waals surface area contributed by atoms with E-state index in [1.54, 1.807) is 12.5 Å². The van der Waals surface area contributed by atoms with Crippen molar-refractivity contribution in [2.24, 2.45) is 5.73 Å². The summed E-state index contributed by atoms with van der Waals surface area (Å²) in [4.78, 5) is 4.03. The zero-order valence-corrected chi connectivity index (χ0v) is 13.1. The summed E-state index contributed by atoms with van der Waals surface area (Å²) in [6.07, 6.45) is 6.41. The normalized spacial score (nSPS) is 10.7. The molecule has 0 aliphatic rings. The third-order valence-electron chi connectivity index (χ3n) is 3.75. The van der Waals surface area contributed by atoms with Gasteiger partial charge in [0, 0.05) is 18.0 Å². The summed E-state index contributed by atoms with van der Waals surface area (Å²) in [6.45, 7) is 2.07. The first-order valence-electron chi connectivity index (χ1n) is 7.84. The lowest BCUT2D eigenvalue weighted by atomic mass is 10.0. The van der Waals surface area contributed by atoms with Gasteiger partial charge in [-0.25, -0.2) is 4.98 Å². The summed E-state index contributed by atoms with van der Waals surface area (Å²) in [5, 5.41) is 0. The third-order valence-corrected chi connectivity index (χ3v) is 3.75. The number of para-hydroxylation sites is 1. The fourth-order valence-corrected chi connectivity index (χ4v) is 2.53. The molecule has 1 aromatic heterocycles. The van der Waals surface area contributed by atoms with Crippen molar-refractivity contribution in [1.29, 1.82) is 0 Å². The highest BCUT2D eigenvalue weighted by molar-refractivity contribution is 5.70. The lowest BCUT2D eigenvalue weighted by molar-refractivity contribution is 0.299. The smallest absolute Gasteiger partial charge is 0.127 e. The van der Waals surface area contributed by atoms with Crippen molar-refractivity contribution in [1.82, 2.24) is 9.55 Å². The molecule has 0 saturated carbocycles. The van der Waals surface area contributed by atoms with Crippen molar-refractivity contribution in [3.63, 3.8) is 0 Å². The molecule has 0 unspecified atom stereocenters. The molecule has 0 atom stereocenters. The molecule has 0 spiro atoms. The fourth-order valence-electron chi connectivity index (χ4n) is 2.53. The zero-order chi connectivity index (χ0) is 15.9. The van der Waals surface area contributed by atoms with E-state index in [2.05, 4.69) is 35.3 Å². The van der Waals surface area contributed by atoms with Crippen LogP contribution >= 0.6 is 0 Å². The topological polar surface area (TPSA) is 53.1 Å². The predicted molar refractivity (Wildman–Crippen MR) is 92.4 cm³/mol. The minimum Gasteiger partial charge on any atom is -0.491 e. The Balaban J connectivity index is 1.71. The van der Waals surface area contributed by atoms with Crippen LogP contribution in [0.2, 0.25) is 0 Å². The van der Waals surface area contributed by atoms with Crippen molar-refractivity contribution in [2.45, 2.75) is 13.0 Å². The molecule has 0 bridgehead atoms. The van der Waals surface area contributed by atoms with Crippen LogP contribution in [0.3, 0.4) is 0 Å². The molecular weight excluding hydrogens is 286 g/mol. The van der Waals surface area contributed by atoms with Gasteiger partial charge in [-0.2, -0.15) is 0 Å². The summed E-state index contributed by atoms with van der Waals surface area (Å²) in [7, 11) is 0. The molecule has 23 heavy (non-hydrogen) atoms. The predicted octanol–water partition coefficient (Wildman–Crippen LogP) is 3.13. The van der Waals surface area contributed by atoms with Gasteiger partial charge in [0.15, 0.2) is 0 Å². The Labute approximate surface area is 136 Å². The van der Waals surface area contributed by atoms with Crippen LogP contribution in [0.1, 0.15) is 5.56 Å². The van der Waals surface area contributed by atoms with Crippen LogP contribution in [0.25, 0.3) is 11.1 Å². The molecule has 4 nitrogen and oxygen atoms in total. The summed E-state index contributed by atoms with van der Waals surface area (Å²) >= 11 is 0. The number of nitrogens with two attached hydrogens (primary N) is 1. The minimum atomic E-state index is 0.610. The SMILES string of the molecule is NCCc1ccc(-c2ccccc2OCCn2ccnc2)cc1. The van der Waals surface area contributed by atoms with Crippen LogP contribution < -0.4 is 10.5 Å². The number of aromatic nitrogens is 2. The molecule has 2 aromatic carbocycles. The van der Waals surface area contributed by atoms with Gasteiger partial charge in [-0.05, 0) is 30.2 Å². The van der Waals surface area contributed by atoms with E-state index >= 15 is 0 Å². The number of benzene rings is 2. The van der Waals surface area contributed by atoms with E-state index < -0.39 is 0 Å². The van der Waals surface area contributed by atoms with Crippen LogP contribution in [-0.4, -0.2) is 22.7 Å². The van der Waals surface area contributed by atoms with Gasteiger partial charge in [-0.1, -0.05) is 42.5 Å². The van der Waals surface area contributed by atoms with E-state index in [4.69, 9.17) is 10.5 Å². The van der Waals surface area contributed by atoms with Crippen LogP contribution in [0.4, 0.5) is 0 Å². The average molecular weight is 307 g/mol. The Kier molecular flexibility index (Phi) is 5.06. The Hall–Kier alpha value is -2.59. The molecule has 0 amide bonds. The molecule has 0 aliphatic heterocycles. The Morgan fingerprint density at radius 3 is 2.61 bits per heavy atom. The van der Waals surface area contributed by atoms with Crippen molar-refractivity contribution in [2.75, 3.05) is 13.2 Å². The molecule has 2 N–H and O–H groups in total. The highest BCUT2D eigenvalue weighted by atomic mass is 16.5. The maximum atomic E-state index is 5.97. The lowest BCUT2D eigenvalue weighted by Gasteiger charge is -2.12. The number of nitrogens with zero attached hydrogens (tertiary/aromatic N) is 2. The molecular formula is C19H21N3O. The number of rotatable bonds is 7. The van der Waals surface area contributed by atoms with E-state index in [9.17, 15) is 0 Å². The Bertz CT molecular complexity index is 721. The van der Waals surface area contributed by atoms with Gasteiger partial charge in [0.1, 0.15) is 12.4 Å². The van der Waals surface area contributed by atoms with Crippen LogP contribution in [0.15, 0.2) is 67.3 Å². The summed E-state index contributed by atoms with van der Waals surface area (Å²) in [5.41, 5.74) is 9.13. The minimum absolute atomic E-state index is 0.610. The molecule has 3 aromatic rings. The second-order valence-electron chi connectivity index (χ2n) is 5.38. The second kappa shape index (κ2) is 7.61. The van der Waals surface area contributed by atoms with E-state index in [1.807, 2.05) is 29.0 Å².